The Kier molecular flexibility index (Phi) is 8.61. The zero-order valence-electron chi connectivity index (χ0n) is 18.9. The van der Waals surface area contributed by atoms with E-state index >= 15 is 0 Å². The summed E-state index contributed by atoms with van der Waals surface area (Å²) in [7, 11) is 0. The smallest absolute Gasteiger partial charge is 0.246 e. The normalized spacial score (nSPS) is 18.9. The maximum Gasteiger partial charge on any atom is 0.246 e. The monoisotopic (exact) mass is 536 g/mol. The largest absolute Gasteiger partial charge is 0.391 e. The number of aliphatic hydroxyl groups is 1. The molecule has 3 atom stereocenters. The number of carbonyl (C=O) groups is 3. The van der Waals surface area contributed by atoms with Crippen LogP contribution in [0.25, 0.3) is 10.4 Å². The van der Waals surface area contributed by atoms with Crippen molar-refractivity contribution in [1.29, 1.82) is 0 Å². The van der Waals surface area contributed by atoms with Crippen molar-refractivity contribution in [2.75, 3.05) is 11.9 Å². The van der Waals surface area contributed by atoms with E-state index in [-0.39, 0.29) is 41.9 Å². The molecule has 33 heavy (non-hydrogen) atoms. The molecule has 1 fully saturated rings. The number of likely N-dealkylation sites (tertiary alicyclic amines) is 1. The topological polar surface area (TPSA) is 112 Å². The maximum atomic E-state index is 13.2. The molecule has 3 N–H and O–H groups in total. The van der Waals surface area contributed by atoms with E-state index in [1.54, 1.807) is 11.3 Å². The van der Waals surface area contributed by atoms with Gasteiger partial charge in [-0.25, -0.2) is 4.98 Å². The van der Waals surface area contributed by atoms with Crippen LogP contribution < -0.4 is 10.6 Å². The summed E-state index contributed by atoms with van der Waals surface area (Å²) >= 11 is 4.67. The van der Waals surface area contributed by atoms with E-state index in [4.69, 9.17) is 0 Å². The van der Waals surface area contributed by atoms with Crippen LogP contribution in [-0.4, -0.2) is 62.8 Å². The number of hydrogen-bond acceptors (Lipinski definition) is 6. The molecule has 1 aromatic carbocycles. The number of benzene rings is 1. The lowest BCUT2D eigenvalue weighted by Gasteiger charge is -2.30. The standard InChI is InChI=1S/C23H29BrN4O4S/c1-13(2)20(27-19(30)9-24)23(32)28-11-17(29)8-18(28)22(31)25-10-15-4-6-16(7-5-15)21-14(3)26-12-33-21/h4-7,12-13,17-18,20,29H,8-11H2,1-3H3,(H,25,31)(H,27,30)/t17-,18+,20+/m1/s1. The average Bonchev–Trinajstić information content (AvgIpc) is 3.40. The first kappa shape index (κ1) is 25.3. The molecule has 0 aliphatic carbocycles. The van der Waals surface area contributed by atoms with Crippen molar-refractivity contribution in [1.82, 2.24) is 20.5 Å². The third-order valence-corrected chi connectivity index (χ3v) is 7.15. The van der Waals surface area contributed by atoms with Crippen molar-refractivity contribution in [3.8, 4) is 10.4 Å². The molecule has 0 spiro atoms. The fourth-order valence-electron chi connectivity index (χ4n) is 3.87. The predicted octanol–water partition coefficient (Wildman–Crippen LogP) is 2.23. The second-order valence-electron chi connectivity index (χ2n) is 8.50. The zero-order valence-corrected chi connectivity index (χ0v) is 21.3. The summed E-state index contributed by atoms with van der Waals surface area (Å²) in [6.45, 7) is 6.00. The van der Waals surface area contributed by atoms with Crippen molar-refractivity contribution in [2.24, 2.45) is 5.92 Å². The van der Waals surface area contributed by atoms with E-state index in [0.29, 0.717) is 6.54 Å². The molecule has 1 aliphatic rings. The number of nitrogens with zero attached hydrogens (tertiary/aromatic N) is 2. The number of aromatic nitrogens is 1. The van der Waals surface area contributed by atoms with Gasteiger partial charge >= 0.3 is 0 Å². The summed E-state index contributed by atoms with van der Waals surface area (Å²) < 4.78 is 0. The van der Waals surface area contributed by atoms with Crippen molar-refractivity contribution in [2.45, 2.75) is 51.9 Å². The molecular formula is C23H29BrN4O4S. The first-order chi connectivity index (χ1) is 15.7. The molecule has 8 nitrogen and oxygen atoms in total. The number of alkyl halides is 1. The van der Waals surface area contributed by atoms with Crippen LogP contribution in [0.5, 0.6) is 0 Å². The number of halogens is 1. The minimum absolute atomic E-state index is 0.0627. The van der Waals surface area contributed by atoms with Gasteiger partial charge in [0.15, 0.2) is 0 Å². The van der Waals surface area contributed by atoms with Gasteiger partial charge in [-0.3, -0.25) is 14.4 Å². The number of nitrogens with one attached hydrogen (secondary N) is 2. The molecule has 10 heteroatoms. The molecule has 178 valence electrons. The fourth-order valence-corrected chi connectivity index (χ4v) is 4.84. The van der Waals surface area contributed by atoms with E-state index in [0.717, 1.165) is 21.7 Å². The molecular weight excluding hydrogens is 508 g/mol. The second-order valence-corrected chi connectivity index (χ2v) is 9.92. The van der Waals surface area contributed by atoms with Gasteiger partial charge in [0.1, 0.15) is 12.1 Å². The lowest BCUT2D eigenvalue weighted by Crippen LogP contribution is -2.55. The molecule has 1 aliphatic heterocycles. The van der Waals surface area contributed by atoms with Crippen LogP contribution in [0.3, 0.4) is 0 Å². The molecule has 1 aromatic heterocycles. The highest BCUT2D eigenvalue weighted by Gasteiger charge is 2.42. The number of β-amino-alcohol motifs (C(OH)–C–C–N with tert-alkyl or cyclic N) is 1. The van der Waals surface area contributed by atoms with Gasteiger partial charge in [-0.2, -0.15) is 0 Å². The van der Waals surface area contributed by atoms with Gasteiger partial charge < -0.3 is 20.6 Å². The van der Waals surface area contributed by atoms with Gasteiger partial charge in [0, 0.05) is 19.5 Å². The Morgan fingerprint density at radius 3 is 2.55 bits per heavy atom. The lowest BCUT2D eigenvalue weighted by molar-refractivity contribution is -0.142. The van der Waals surface area contributed by atoms with Gasteiger partial charge in [0.05, 0.1) is 27.5 Å². The molecule has 3 amide bonds. The highest BCUT2D eigenvalue weighted by Crippen LogP contribution is 2.27. The Morgan fingerprint density at radius 1 is 1.27 bits per heavy atom. The quantitative estimate of drug-likeness (QED) is 0.448. The average molecular weight is 537 g/mol. The number of aliphatic hydroxyl groups excluding tert-OH is 1. The Labute approximate surface area is 205 Å². The summed E-state index contributed by atoms with van der Waals surface area (Å²) in [5.41, 5.74) is 4.80. The van der Waals surface area contributed by atoms with Crippen LogP contribution in [0.15, 0.2) is 29.8 Å². The molecule has 0 bridgehead atoms. The molecule has 2 aromatic rings. The summed E-state index contributed by atoms with van der Waals surface area (Å²) in [5.74, 6) is -1.15. The second kappa shape index (κ2) is 11.2. The Hall–Kier alpha value is -2.30. The van der Waals surface area contributed by atoms with E-state index in [9.17, 15) is 19.5 Å². The highest BCUT2D eigenvalue weighted by molar-refractivity contribution is 9.09. The summed E-state index contributed by atoms with van der Waals surface area (Å²) in [6, 6.07) is 6.35. The molecule has 3 rings (SSSR count). The Bertz CT molecular complexity index is 995. The first-order valence-electron chi connectivity index (χ1n) is 10.8. The van der Waals surface area contributed by atoms with Gasteiger partial charge in [-0.1, -0.05) is 54.0 Å². The van der Waals surface area contributed by atoms with E-state index < -0.39 is 18.2 Å². The van der Waals surface area contributed by atoms with Gasteiger partial charge in [-0.15, -0.1) is 11.3 Å². The van der Waals surface area contributed by atoms with E-state index in [2.05, 4.69) is 31.5 Å². The van der Waals surface area contributed by atoms with Gasteiger partial charge in [-0.05, 0) is 24.0 Å². The highest BCUT2D eigenvalue weighted by atomic mass is 79.9. The van der Waals surface area contributed by atoms with Crippen LogP contribution >= 0.6 is 27.3 Å². The van der Waals surface area contributed by atoms with Crippen molar-refractivity contribution in [3.05, 3.63) is 41.0 Å². The van der Waals surface area contributed by atoms with Crippen molar-refractivity contribution < 1.29 is 19.5 Å². The zero-order chi connectivity index (χ0) is 24.1. The first-order valence-corrected chi connectivity index (χ1v) is 12.8. The lowest BCUT2D eigenvalue weighted by atomic mass is 10.0. The van der Waals surface area contributed by atoms with Crippen molar-refractivity contribution in [3.63, 3.8) is 0 Å². The SMILES string of the molecule is Cc1ncsc1-c1ccc(CNC(=O)[C@@H]2C[C@@H](O)CN2C(=O)[C@@H](NC(=O)CBr)C(C)C)cc1. The van der Waals surface area contributed by atoms with Crippen molar-refractivity contribution >= 4 is 45.0 Å². The third-order valence-electron chi connectivity index (χ3n) is 5.66. The number of aryl methyl sites for hydroxylation is 1. The maximum absolute atomic E-state index is 13.2. The van der Waals surface area contributed by atoms with Gasteiger partial charge in [0.2, 0.25) is 17.7 Å². The van der Waals surface area contributed by atoms with Crippen LogP contribution in [-0.2, 0) is 20.9 Å². The van der Waals surface area contributed by atoms with Crippen LogP contribution in [0, 0.1) is 12.8 Å². The van der Waals surface area contributed by atoms with Crippen LogP contribution in [0.2, 0.25) is 0 Å². The van der Waals surface area contributed by atoms with Crippen LogP contribution in [0.1, 0.15) is 31.5 Å². The molecule has 0 radical (unpaired) electrons. The number of hydrogen-bond donors (Lipinski definition) is 3. The number of carbonyl (C=O) groups excluding carboxylic acids is 3. The summed E-state index contributed by atoms with van der Waals surface area (Å²) in [6.07, 6.45) is -0.621. The van der Waals surface area contributed by atoms with Gasteiger partial charge in [0.25, 0.3) is 0 Å². The fraction of sp³-hybridized carbons (Fsp3) is 0.478. The third kappa shape index (κ3) is 6.18. The molecule has 2 heterocycles. The molecule has 0 unspecified atom stereocenters. The minimum Gasteiger partial charge on any atom is -0.391 e. The molecule has 0 saturated carbocycles. The summed E-state index contributed by atoms with van der Waals surface area (Å²) in [4.78, 5) is 44.7. The van der Waals surface area contributed by atoms with E-state index in [1.165, 1.54) is 4.90 Å². The minimum atomic E-state index is -0.786. The molecule has 1 saturated heterocycles. The number of thiazole rings is 1. The number of amides is 3. The Balaban J connectivity index is 1.64. The summed E-state index contributed by atoms with van der Waals surface area (Å²) in [5, 5.41) is 15.8. The number of rotatable bonds is 8. The predicted molar refractivity (Wildman–Crippen MR) is 131 cm³/mol. The van der Waals surface area contributed by atoms with E-state index in [1.807, 2.05) is 50.5 Å². The Morgan fingerprint density at radius 2 is 1.97 bits per heavy atom. The van der Waals surface area contributed by atoms with Crippen LogP contribution in [0.4, 0.5) is 0 Å².